The van der Waals surface area contributed by atoms with Crippen LogP contribution in [0, 0.1) is 0 Å². The standard InChI is InChI=1S/C21H26N8O2/c1-14-11-29(12-15(2)31-14)21-26-19-16(20(27-21)28-7-9-30-10-8-28)3-4-18(25-19)24-17-5-6-22-13-23-17/h3-6,13-15H,7-12H2,1-2H3,(H,22,23,24,25,26,27). The molecule has 2 fully saturated rings. The number of hydrogen-bond donors (Lipinski definition) is 1. The topological polar surface area (TPSA) is 101 Å². The van der Waals surface area contributed by atoms with Crippen LogP contribution in [0.2, 0.25) is 0 Å². The minimum Gasteiger partial charge on any atom is -0.378 e. The van der Waals surface area contributed by atoms with Crippen LogP contribution in [0.1, 0.15) is 13.8 Å². The van der Waals surface area contributed by atoms with E-state index < -0.39 is 0 Å². The average Bonchev–Trinajstić information content (AvgIpc) is 2.79. The van der Waals surface area contributed by atoms with Crippen LogP contribution >= 0.6 is 0 Å². The van der Waals surface area contributed by atoms with E-state index in [1.54, 1.807) is 12.3 Å². The zero-order valence-electron chi connectivity index (χ0n) is 17.7. The van der Waals surface area contributed by atoms with Crippen LogP contribution in [0.25, 0.3) is 11.0 Å². The second-order valence-corrected chi connectivity index (χ2v) is 7.90. The van der Waals surface area contributed by atoms with Crippen LogP contribution in [-0.2, 0) is 9.47 Å². The molecule has 0 aromatic carbocycles. The van der Waals surface area contributed by atoms with E-state index in [-0.39, 0.29) is 12.2 Å². The van der Waals surface area contributed by atoms with Crippen LogP contribution in [0.3, 0.4) is 0 Å². The first-order chi connectivity index (χ1) is 15.2. The number of anilines is 4. The summed E-state index contributed by atoms with van der Waals surface area (Å²) in [6.45, 7) is 8.61. The number of morpholine rings is 2. The maximum absolute atomic E-state index is 5.90. The van der Waals surface area contributed by atoms with Crippen LogP contribution in [0.5, 0.6) is 0 Å². The molecule has 2 aliphatic rings. The molecule has 0 saturated carbocycles. The van der Waals surface area contributed by atoms with Crippen molar-refractivity contribution < 1.29 is 9.47 Å². The summed E-state index contributed by atoms with van der Waals surface area (Å²) in [7, 11) is 0. The fourth-order valence-corrected chi connectivity index (χ4v) is 4.05. The Bertz CT molecular complexity index is 1030. The molecule has 2 saturated heterocycles. The molecule has 0 amide bonds. The highest BCUT2D eigenvalue weighted by atomic mass is 16.5. The minimum atomic E-state index is 0.119. The molecule has 10 heteroatoms. The molecule has 1 N–H and O–H groups in total. The summed E-state index contributed by atoms with van der Waals surface area (Å²) >= 11 is 0. The van der Waals surface area contributed by atoms with Gasteiger partial charge in [0.05, 0.1) is 30.8 Å². The molecule has 0 aliphatic carbocycles. The highest BCUT2D eigenvalue weighted by molar-refractivity contribution is 5.89. The number of ether oxygens (including phenoxy) is 2. The van der Waals surface area contributed by atoms with Gasteiger partial charge in [-0.2, -0.15) is 9.97 Å². The zero-order chi connectivity index (χ0) is 21.2. The van der Waals surface area contributed by atoms with Gasteiger partial charge in [-0.15, -0.1) is 0 Å². The lowest BCUT2D eigenvalue weighted by Crippen LogP contribution is -2.46. The van der Waals surface area contributed by atoms with Crippen LogP contribution in [0.15, 0.2) is 30.7 Å². The Hall–Kier alpha value is -3.11. The molecular formula is C21H26N8O2. The van der Waals surface area contributed by atoms with Gasteiger partial charge in [0.25, 0.3) is 0 Å². The highest BCUT2D eigenvalue weighted by Crippen LogP contribution is 2.29. The molecule has 5 rings (SSSR count). The zero-order valence-corrected chi connectivity index (χ0v) is 17.7. The number of pyridine rings is 1. The summed E-state index contributed by atoms with van der Waals surface area (Å²) in [5, 5.41) is 4.14. The van der Waals surface area contributed by atoms with Crippen molar-refractivity contribution in [3.05, 3.63) is 30.7 Å². The number of aromatic nitrogens is 5. The van der Waals surface area contributed by atoms with E-state index in [0.29, 0.717) is 36.4 Å². The first-order valence-electron chi connectivity index (χ1n) is 10.6. The number of hydrogen-bond acceptors (Lipinski definition) is 10. The molecule has 31 heavy (non-hydrogen) atoms. The van der Waals surface area contributed by atoms with Crippen molar-refractivity contribution in [2.45, 2.75) is 26.1 Å². The lowest BCUT2D eigenvalue weighted by molar-refractivity contribution is -0.00570. The van der Waals surface area contributed by atoms with E-state index >= 15 is 0 Å². The number of fused-ring (bicyclic) bond motifs is 1. The largest absolute Gasteiger partial charge is 0.378 e. The van der Waals surface area contributed by atoms with E-state index in [9.17, 15) is 0 Å². The van der Waals surface area contributed by atoms with Crippen molar-refractivity contribution >= 4 is 34.4 Å². The molecular weight excluding hydrogens is 396 g/mol. The van der Waals surface area contributed by atoms with E-state index in [1.165, 1.54) is 6.33 Å². The van der Waals surface area contributed by atoms with Crippen molar-refractivity contribution in [3.8, 4) is 0 Å². The van der Waals surface area contributed by atoms with Gasteiger partial charge >= 0.3 is 0 Å². The quantitative estimate of drug-likeness (QED) is 0.672. The highest BCUT2D eigenvalue weighted by Gasteiger charge is 2.26. The van der Waals surface area contributed by atoms with Gasteiger partial charge in [0.1, 0.15) is 23.8 Å². The molecule has 0 spiro atoms. The summed E-state index contributed by atoms with van der Waals surface area (Å²) in [4.78, 5) is 27.2. The molecule has 3 aromatic heterocycles. The molecule has 2 atom stereocenters. The summed E-state index contributed by atoms with van der Waals surface area (Å²) < 4.78 is 11.4. The third-order valence-corrected chi connectivity index (χ3v) is 5.38. The van der Waals surface area contributed by atoms with E-state index in [0.717, 1.165) is 37.4 Å². The second-order valence-electron chi connectivity index (χ2n) is 7.90. The van der Waals surface area contributed by atoms with Crippen LogP contribution < -0.4 is 15.1 Å². The van der Waals surface area contributed by atoms with Gasteiger partial charge in [0.15, 0.2) is 5.65 Å². The predicted octanol–water partition coefficient (Wildman–Crippen LogP) is 2.01. The van der Waals surface area contributed by atoms with Gasteiger partial charge in [-0.3, -0.25) is 0 Å². The van der Waals surface area contributed by atoms with Crippen LogP contribution in [-0.4, -0.2) is 76.5 Å². The lowest BCUT2D eigenvalue weighted by Gasteiger charge is -2.36. The molecule has 3 aromatic rings. The number of nitrogens with one attached hydrogen (secondary N) is 1. The maximum Gasteiger partial charge on any atom is 0.229 e. The predicted molar refractivity (Wildman–Crippen MR) is 118 cm³/mol. The Morgan fingerprint density at radius 2 is 1.74 bits per heavy atom. The molecule has 0 radical (unpaired) electrons. The Morgan fingerprint density at radius 3 is 2.48 bits per heavy atom. The first-order valence-corrected chi connectivity index (χ1v) is 10.6. The second kappa shape index (κ2) is 8.56. The van der Waals surface area contributed by atoms with E-state index in [4.69, 9.17) is 24.4 Å². The summed E-state index contributed by atoms with van der Waals surface area (Å²) in [6, 6.07) is 5.74. The molecule has 0 bridgehead atoms. The van der Waals surface area contributed by atoms with Crippen molar-refractivity contribution in [2.24, 2.45) is 0 Å². The van der Waals surface area contributed by atoms with Gasteiger partial charge in [-0.25, -0.2) is 15.0 Å². The molecule has 2 unspecified atom stereocenters. The van der Waals surface area contributed by atoms with Crippen molar-refractivity contribution in [2.75, 3.05) is 54.5 Å². The van der Waals surface area contributed by atoms with Crippen molar-refractivity contribution in [1.82, 2.24) is 24.9 Å². The molecule has 162 valence electrons. The Morgan fingerprint density at radius 1 is 0.935 bits per heavy atom. The van der Waals surface area contributed by atoms with Crippen molar-refractivity contribution in [1.29, 1.82) is 0 Å². The SMILES string of the molecule is CC1CN(c2nc(N3CCOCC3)c3ccc(Nc4ccncn4)nc3n2)CC(C)O1. The lowest BCUT2D eigenvalue weighted by atomic mass is 10.2. The van der Waals surface area contributed by atoms with Gasteiger partial charge < -0.3 is 24.6 Å². The smallest absolute Gasteiger partial charge is 0.229 e. The Balaban J connectivity index is 1.55. The fourth-order valence-electron chi connectivity index (χ4n) is 4.05. The van der Waals surface area contributed by atoms with Gasteiger partial charge in [0.2, 0.25) is 5.95 Å². The van der Waals surface area contributed by atoms with Gasteiger partial charge in [0, 0.05) is 32.4 Å². The average molecular weight is 422 g/mol. The third-order valence-electron chi connectivity index (χ3n) is 5.38. The van der Waals surface area contributed by atoms with Gasteiger partial charge in [-0.1, -0.05) is 0 Å². The van der Waals surface area contributed by atoms with Crippen LogP contribution in [0.4, 0.5) is 23.4 Å². The number of rotatable bonds is 4. The summed E-state index contributed by atoms with van der Waals surface area (Å²) in [5.74, 6) is 2.94. The molecule has 2 aliphatic heterocycles. The fraction of sp³-hybridized carbons (Fsp3) is 0.476. The normalized spacial score (nSPS) is 22.0. The molecule has 5 heterocycles. The summed E-state index contributed by atoms with van der Waals surface area (Å²) in [6.07, 6.45) is 3.43. The minimum absolute atomic E-state index is 0.119. The number of nitrogens with zero attached hydrogens (tertiary/aromatic N) is 7. The monoisotopic (exact) mass is 422 g/mol. The Labute approximate surface area is 180 Å². The van der Waals surface area contributed by atoms with E-state index in [2.05, 4.69) is 38.9 Å². The van der Waals surface area contributed by atoms with Crippen molar-refractivity contribution in [3.63, 3.8) is 0 Å². The maximum atomic E-state index is 5.90. The van der Waals surface area contributed by atoms with Gasteiger partial charge in [-0.05, 0) is 32.0 Å². The first kappa shape index (κ1) is 19.8. The molecule has 10 nitrogen and oxygen atoms in total. The summed E-state index contributed by atoms with van der Waals surface area (Å²) in [5.41, 5.74) is 0.650. The van der Waals surface area contributed by atoms with E-state index in [1.807, 2.05) is 12.1 Å². The Kier molecular flexibility index (Phi) is 5.47. The third kappa shape index (κ3) is 4.35.